The Bertz CT molecular complexity index is 454. The Morgan fingerprint density at radius 1 is 1.42 bits per heavy atom. The molecule has 0 amide bonds. The lowest BCUT2D eigenvalue weighted by atomic mass is 10.1. The number of aromatic nitrogens is 1. The maximum atomic E-state index is 10.9. The minimum Gasteiger partial charge on any atom is -0.481 e. The topological polar surface area (TPSA) is 53.4 Å². The number of carboxylic acids is 1. The van der Waals surface area contributed by atoms with E-state index in [1.54, 1.807) is 11.3 Å². The quantitative estimate of drug-likeness (QED) is 0.921. The summed E-state index contributed by atoms with van der Waals surface area (Å²) in [5, 5.41) is 12.5. The molecule has 1 aliphatic heterocycles. The van der Waals surface area contributed by atoms with Crippen LogP contribution in [0.3, 0.4) is 0 Å². The summed E-state index contributed by atoms with van der Waals surface area (Å²) in [7, 11) is 0. The van der Waals surface area contributed by atoms with E-state index in [2.05, 4.69) is 10.3 Å². The van der Waals surface area contributed by atoms with Crippen LogP contribution in [0.2, 0.25) is 0 Å². The largest absolute Gasteiger partial charge is 0.481 e. The molecule has 1 saturated heterocycles. The van der Waals surface area contributed by atoms with Gasteiger partial charge in [-0.1, -0.05) is 12.8 Å². The first-order chi connectivity index (χ1) is 9.22. The lowest BCUT2D eigenvalue weighted by Gasteiger charge is -2.13. The summed E-state index contributed by atoms with van der Waals surface area (Å²) >= 11 is 1.78. The van der Waals surface area contributed by atoms with E-state index in [-0.39, 0.29) is 5.92 Å². The summed E-state index contributed by atoms with van der Waals surface area (Å²) in [5.74, 6) is -0.163. The van der Waals surface area contributed by atoms with Gasteiger partial charge in [0.15, 0.2) is 0 Å². The molecule has 1 saturated carbocycles. The van der Waals surface area contributed by atoms with Crippen LogP contribution in [0.25, 0.3) is 0 Å². The zero-order valence-electron chi connectivity index (χ0n) is 11.0. The third-order valence-corrected chi connectivity index (χ3v) is 5.34. The fraction of sp³-hybridized carbons (Fsp3) is 0.714. The van der Waals surface area contributed by atoms with Crippen molar-refractivity contribution in [2.75, 3.05) is 13.1 Å². The first-order valence-electron chi connectivity index (χ1n) is 7.12. The smallest absolute Gasteiger partial charge is 0.307 e. The molecule has 4 nitrogen and oxygen atoms in total. The third kappa shape index (κ3) is 2.98. The molecule has 0 aromatic carbocycles. The van der Waals surface area contributed by atoms with Gasteiger partial charge >= 0.3 is 5.97 Å². The van der Waals surface area contributed by atoms with Crippen LogP contribution in [0, 0.1) is 5.92 Å². The van der Waals surface area contributed by atoms with E-state index in [1.807, 2.05) is 0 Å². The lowest BCUT2D eigenvalue weighted by molar-refractivity contribution is -0.141. The van der Waals surface area contributed by atoms with E-state index in [1.165, 1.54) is 30.7 Å². The number of nitrogens with zero attached hydrogens (tertiary/aromatic N) is 2. The van der Waals surface area contributed by atoms with Crippen LogP contribution < -0.4 is 0 Å². The highest BCUT2D eigenvalue weighted by atomic mass is 32.1. The Labute approximate surface area is 117 Å². The molecular formula is C14H20N2O2S. The zero-order chi connectivity index (χ0) is 13.2. The van der Waals surface area contributed by atoms with E-state index in [0.717, 1.165) is 25.2 Å². The number of rotatable bonds is 4. The molecular weight excluding hydrogens is 260 g/mol. The van der Waals surface area contributed by atoms with Crippen molar-refractivity contribution >= 4 is 17.3 Å². The van der Waals surface area contributed by atoms with Gasteiger partial charge in [0.05, 0.1) is 16.6 Å². The number of aliphatic carboxylic acids is 1. The number of likely N-dealkylation sites (tertiary alicyclic amines) is 1. The van der Waals surface area contributed by atoms with Crippen molar-refractivity contribution in [2.45, 2.75) is 44.6 Å². The van der Waals surface area contributed by atoms with Crippen molar-refractivity contribution in [3.63, 3.8) is 0 Å². The van der Waals surface area contributed by atoms with Crippen molar-refractivity contribution in [3.05, 3.63) is 16.1 Å². The summed E-state index contributed by atoms with van der Waals surface area (Å²) in [6.07, 6.45) is 6.03. The Kier molecular flexibility index (Phi) is 3.84. The molecule has 19 heavy (non-hydrogen) atoms. The van der Waals surface area contributed by atoms with Crippen LogP contribution in [-0.2, 0) is 11.3 Å². The maximum absolute atomic E-state index is 10.9. The van der Waals surface area contributed by atoms with Crippen LogP contribution in [0.5, 0.6) is 0 Å². The molecule has 0 spiro atoms. The first kappa shape index (κ1) is 13.1. The molecule has 5 heteroatoms. The van der Waals surface area contributed by atoms with Gasteiger partial charge in [0.1, 0.15) is 0 Å². The lowest BCUT2D eigenvalue weighted by Crippen LogP contribution is -2.23. The first-order valence-corrected chi connectivity index (χ1v) is 8.00. The number of carboxylic acid groups (broad SMARTS) is 1. The molecule has 2 heterocycles. The molecule has 1 N–H and O–H groups in total. The van der Waals surface area contributed by atoms with Crippen molar-refractivity contribution in [1.29, 1.82) is 0 Å². The van der Waals surface area contributed by atoms with E-state index in [0.29, 0.717) is 12.5 Å². The number of hydrogen-bond donors (Lipinski definition) is 1. The van der Waals surface area contributed by atoms with Gasteiger partial charge in [0, 0.05) is 24.4 Å². The van der Waals surface area contributed by atoms with Crippen LogP contribution in [-0.4, -0.2) is 34.0 Å². The molecule has 0 bridgehead atoms. The molecule has 1 aliphatic carbocycles. The summed E-state index contributed by atoms with van der Waals surface area (Å²) in [4.78, 5) is 17.9. The van der Waals surface area contributed by atoms with Gasteiger partial charge in [0.25, 0.3) is 0 Å². The number of carbonyl (C=O) groups is 1. The van der Waals surface area contributed by atoms with Crippen molar-refractivity contribution in [2.24, 2.45) is 5.92 Å². The van der Waals surface area contributed by atoms with Gasteiger partial charge in [-0.15, -0.1) is 11.3 Å². The molecule has 3 rings (SSSR count). The second-order valence-electron chi connectivity index (χ2n) is 5.72. The minimum absolute atomic E-state index is 0.187. The zero-order valence-corrected chi connectivity index (χ0v) is 11.9. The molecule has 1 atom stereocenters. The summed E-state index contributed by atoms with van der Waals surface area (Å²) in [5.41, 5.74) is 1.12. The van der Waals surface area contributed by atoms with E-state index in [9.17, 15) is 4.79 Å². The molecule has 104 valence electrons. The average Bonchev–Trinajstić information content (AvgIpc) is 3.09. The molecule has 2 aliphatic rings. The Morgan fingerprint density at radius 2 is 2.21 bits per heavy atom. The molecule has 2 fully saturated rings. The van der Waals surface area contributed by atoms with Crippen molar-refractivity contribution in [3.8, 4) is 0 Å². The third-order valence-electron chi connectivity index (χ3n) is 4.28. The van der Waals surface area contributed by atoms with Gasteiger partial charge in [-0.25, -0.2) is 4.98 Å². The van der Waals surface area contributed by atoms with Crippen molar-refractivity contribution < 1.29 is 9.90 Å². The van der Waals surface area contributed by atoms with Gasteiger partial charge in [0.2, 0.25) is 0 Å². The van der Waals surface area contributed by atoms with E-state index >= 15 is 0 Å². The van der Waals surface area contributed by atoms with E-state index < -0.39 is 5.97 Å². The highest BCUT2D eigenvalue weighted by Gasteiger charge is 2.28. The molecule has 1 aromatic heterocycles. The van der Waals surface area contributed by atoms with Crippen LogP contribution in [0.1, 0.15) is 48.7 Å². The average molecular weight is 280 g/mol. The van der Waals surface area contributed by atoms with Crippen molar-refractivity contribution in [1.82, 2.24) is 9.88 Å². The molecule has 1 unspecified atom stereocenters. The van der Waals surface area contributed by atoms with Crippen LogP contribution in [0.4, 0.5) is 0 Å². The number of hydrogen-bond acceptors (Lipinski definition) is 4. The normalized spacial score (nSPS) is 25.2. The second-order valence-corrected chi connectivity index (χ2v) is 6.61. The fourth-order valence-corrected chi connectivity index (χ4v) is 4.14. The summed E-state index contributed by atoms with van der Waals surface area (Å²) < 4.78 is 0. The molecule has 0 radical (unpaired) electrons. The van der Waals surface area contributed by atoms with Gasteiger partial charge in [-0.05, 0) is 25.8 Å². The summed E-state index contributed by atoms with van der Waals surface area (Å²) in [6.45, 7) is 2.37. The van der Waals surface area contributed by atoms with E-state index in [4.69, 9.17) is 10.1 Å². The van der Waals surface area contributed by atoms with Gasteiger partial charge in [-0.3, -0.25) is 9.69 Å². The predicted octanol–water partition coefficient (Wildman–Crippen LogP) is 2.71. The van der Waals surface area contributed by atoms with Crippen LogP contribution in [0.15, 0.2) is 5.38 Å². The predicted molar refractivity (Wildman–Crippen MR) is 74.3 cm³/mol. The SMILES string of the molecule is O=C(O)C1CCN(Cc2csc(C3CCCC3)n2)C1. The molecule has 1 aromatic rings. The Balaban J connectivity index is 1.57. The van der Waals surface area contributed by atoms with Gasteiger partial charge < -0.3 is 5.11 Å². The number of thiazole rings is 1. The highest BCUT2D eigenvalue weighted by molar-refractivity contribution is 7.09. The Hall–Kier alpha value is -0.940. The summed E-state index contributed by atoms with van der Waals surface area (Å²) in [6, 6.07) is 0. The van der Waals surface area contributed by atoms with Crippen LogP contribution >= 0.6 is 11.3 Å². The Morgan fingerprint density at radius 3 is 2.89 bits per heavy atom. The second kappa shape index (κ2) is 5.59. The monoisotopic (exact) mass is 280 g/mol. The maximum Gasteiger partial charge on any atom is 0.307 e. The highest BCUT2D eigenvalue weighted by Crippen LogP contribution is 2.35. The standard InChI is InChI=1S/C14H20N2O2S/c17-14(18)11-5-6-16(7-11)8-12-9-19-13(15-12)10-3-1-2-4-10/h9-11H,1-8H2,(H,17,18). The minimum atomic E-state index is -0.660. The van der Waals surface area contributed by atoms with Gasteiger partial charge in [-0.2, -0.15) is 0 Å². The fourth-order valence-electron chi connectivity index (χ4n) is 3.16.